The first-order valence-electron chi connectivity index (χ1n) is 6.29. The summed E-state index contributed by atoms with van der Waals surface area (Å²) in [7, 11) is 0. The molecule has 0 N–H and O–H groups in total. The Morgan fingerprint density at radius 1 is 1.19 bits per heavy atom. The molecule has 2 aliphatic rings. The topological polar surface area (TPSA) is 63.7 Å². The predicted molar refractivity (Wildman–Crippen MR) is 75.4 cm³/mol. The van der Waals surface area contributed by atoms with Crippen molar-refractivity contribution >= 4 is 41.0 Å². The third-order valence-corrected chi connectivity index (χ3v) is 4.71. The monoisotopic (exact) mass is 327 g/mol. The number of imide groups is 1. The molecule has 1 saturated heterocycles. The number of esters is 1. The highest BCUT2D eigenvalue weighted by Crippen LogP contribution is 2.44. The number of alkyl halides is 2. The van der Waals surface area contributed by atoms with Gasteiger partial charge in [-0.15, -0.1) is 11.6 Å². The molecule has 0 aromatic heterocycles. The van der Waals surface area contributed by atoms with Crippen molar-refractivity contribution in [3.05, 3.63) is 35.4 Å². The van der Waals surface area contributed by atoms with Crippen LogP contribution in [0.4, 0.5) is 0 Å². The predicted octanol–water partition coefficient (Wildman–Crippen LogP) is 2.16. The number of hydrogen-bond acceptors (Lipinski definition) is 4. The molecule has 21 heavy (non-hydrogen) atoms. The number of benzene rings is 1. The van der Waals surface area contributed by atoms with Crippen molar-refractivity contribution in [1.82, 2.24) is 4.90 Å². The second-order valence-corrected chi connectivity index (χ2v) is 6.29. The summed E-state index contributed by atoms with van der Waals surface area (Å²) in [4.78, 5) is 35.9. The van der Waals surface area contributed by atoms with E-state index in [1.165, 1.54) is 12.1 Å². The number of rotatable bonds is 2. The number of hydrogen-bond donors (Lipinski definition) is 0. The van der Waals surface area contributed by atoms with Gasteiger partial charge in [-0.25, -0.2) is 9.69 Å². The lowest BCUT2D eigenvalue weighted by molar-refractivity contribution is -0.149. The van der Waals surface area contributed by atoms with Gasteiger partial charge in [-0.2, -0.15) is 0 Å². The summed E-state index contributed by atoms with van der Waals surface area (Å²) in [6.07, 6.45) is -0.0463. The fourth-order valence-corrected chi connectivity index (χ4v) is 3.29. The van der Waals surface area contributed by atoms with Crippen LogP contribution >= 0.6 is 23.2 Å². The van der Waals surface area contributed by atoms with Crippen LogP contribution in [0.2, 0.25) is 0 Å². The second-order valence-electron chi connectivity index (χ2n) is 5.40. The average molecular weight is 328 g/mol. The Morgan fingerprint density at radius 2 is 1.71 bits per heavy atom. The number of ether oxygens (including phenoxy) is 1. The number of halogens is 2. The zero-order valence-corrected chi connectivity index (χ0v) is 12.6. The summed E-state index contributed by atoms with van der Waals surface area (Å²) in [6, 6.07) is 6.34. The zero-order chi connectivity index (χ0) is 15.4. The van der Waals surface area contributed by atoms with E-state index in [0.29, 0.717) is 0 Å². The van der Waals surface area contributed by atoms with E-state index in [1.807, 2.05) is 0 Å². The highest BCUT2D eigenvalue weighted by Gasteiger charge is 2.62. The van der Waals surface area contributed by atoms with Crippen LogP contribution in [-0.2, 0) is 9.53 Å². The minimum absolute atomic E-state index is 0.0242. The molecule has 1 aromatic rings. The van der Waals surface area contributed by atoms with E-state index in [-0.39, 0.29) is 23.4 Å². The van der Waals surface area contributed by atoms with Crippen molar-refractivity contribution in [3.63, 3.8) is 0 Å². The molecular weight excluding hydrogens is 317 g/mol. The van der Waals surface area contributed by atoms with Gasteiger partial charge in [0.1, 0.15) is 5.60 Å². The molecule has 1 fully saturated rings. The Kier molecular flexibility index (Phi) is 3.04. The van der Waals surface area contributed by atoms with Gasteiger partial charge in [0.15, 0.2) is 0 Å². The lowest BCUT2D eigenvalue weighted by Crippen LogP contribution is -2.51. The number of fused-ring (bicyclic) bond motifs is 1. The van der Waals surface area contributed by atoms with Crippen molar-refractivity contribution in [2.24, 2.45) is 0 Å². The first-order chi connectivity index (χ1) is 9.82. The van der Waals surface area contributed by atoms with Crippen molar-refractivity contribution < 1.29 is 19.1 Å². The summed E-state index contributed by atoms with van der Waals surface area (Å²) in [5, 5.41) is 0. The van der Waals surface area contributed by atoms with Crippen LogP contribution in [0.1, 0.15) is 34.1 Å². The maximum Gasteiger partial charge on any atom is 0.349 e. The molecule has 0 bridgehead atoms. The molecule has 0 saturated carbocycles. The lowest BCUT2D eigenvalue weighted by Gasteiger charge is -2.27. The molecule has 1 aromatic carbocycles. The first-order valence-corrected chi connectivity index (χ1v) is 7.20. The molecule has 0 spiro atoms. The molecule has 110 valence electrons. The van der Waals surface area contributed by atoms with Gasteiger partial charge in [-0.1, -0.05) is 23.7 Å². The Labute approximate surface area is 130 Å². The number of nitrogens with zero attached hydrogens (tertiary/aromatic N) is 1. The van der Waals surface area contributed by atoms with Gasteiger partial charge in [-0.3, -0.25) is 9.59 Å². The molecule has 3 rings (SSSR count). The van der Waals surface area contributed by atoms with Crippen LogP contribution in [0.5, 0.6) is 0 Å². The third kappa shape index (κ3) is 1.88. The smallest absolute Gasteiger partial charge is 0.349 e. The van der Waals surface area contributed by atoms with Gasteiger partial charge in [0.05, 0.1) is 17.0 Å². The number of cyclic esters (lactones) is 1. The van der Waals surface area contributed by atoms with Gasteiger partial charge >= 0.3 is 5.97 Å². The van der Waals surface area contributed by atoms with E-state index in [1.54, 1.807) is 19.1 Å². The van der Waals surface area contributed by atoms with E-state index < -0.39 is 28.4 Å². The molecule has 0 aliphatic carbocycles. The third-order valence-electron chi connectivity index (χ3n) is 3.69. The molecule has 0 radical (unpaired) electrons. The number of carbonyl (C=O) groups excluding carboxylic acids is 3. The van der Waals surface area contributed by atoms with Crippen molar-refractivity contribution in [1.29, 1.82) is 0 Å². The van der Waals surface area contributed by atoms with Crippen LogP contribution in [0.15, 0.2) is 24.3 Å². The van der Waals surface area contributed by atoms with Crippen LogP contribution in [0.3, 0.4) is 0 Å². The number of amides is 2. The Hall–Kier alpha value is -1.59. The van der Waals surface area contributed by atoms with Gasteiger partial charge in [0.25, 0.3) is 11.8 Å². The molecule has 2 amide bonds. The van der Waals surface area contributed by atoms with E-state index in [0.717, 1.165) is 4.90 Å². The Morgan fingerprint density at radius 3 is 2.14 bits per heavy atom. The Bertz CT molecular complexity index is 642. The van der Waals surface area contributed by atoms with Gasteiger partial charge in [0.2, 0.25) is 5.00 Å². The van der Waals surface area contributed by atoms with E-state index in [9.17, 15) is 14.4 Å². The molecule has 0 unspecified atom stereocenters. The quantitative estimate of drug-likeness (QED) is 0.361. The van der Waals surface area contributed by atoms with Crippen molar-refractivity contribution in [2.45, 2.75) is 23.9 Å². The maximum atomic E-state index is 12.4. The SMILES string of the molecule is C[C@@]1(CCl)C[C@](Cl)(N2C(=O)c3ccccc3C2=O)C(=O)O1. The molecule has 2 heterocycles. The number of carbonyl (C=O) groups is 3. The summed E-state index contributed by atoms with van der Waals surface area (Å²) in [6.45, 7) is 1.61. The first kappa shape index (κ1) is 14.4. The molecular formula is C14H11Cl2NO4. The van der Waals surface area contributed by atoms with Gasteiger partial charge in [0, 0.05) is 6.42 Å². The highest BCUT2D eigenvalue weighted by atomic mass is 35.5. The van der Waals surface area contributed by atoms with Crippen molar-refractivity contribution in [3.8, 4) is 0 Å². The molecule has 2 aliphatic heterocycles. The van der Waals surface area contributed by atoms with Gasteiger partial charge < -0.3 is 4.74 Å². The largest absolute Gasteiger partial charge is 0.455 e. The standard InChI is InChI=1S/C14H11Cl2NO4/c1-13(7-15)6-14(16,12(20)21-13)17-10(18)8-4-2-3-5-9(8)11(17)19/h2-5H,6-7H2,1H3/t13-,14-/m0/s1. The molecule has 5 nitrogen and oxygen atoms in total. The lowest BCUT2D eigenvalue weighted by atomic mass is 10.0. The van der Waals surface area contributed by atoms with E-state index in [4.69, 9.17) is 27.9 Å². The van der Waals surface area contributed by atoms with Crippen LogP contribution in [-0.4, -0.2) is 39.2 Å². The van der Waals surface area contributed by atoms with Crippen LogP contribution in [0, 0.1) is 0 Å². The van der Waals surface area contributed by atoms with E-state index >= 15 is 0 Å². The molecule has 2 atom stereocenters. The average Bonchev–Trinajstić information content (AvgIpc) is 2.84. The van der Waals surface area contributed by atoms with Gasteiger partial charge in [-0.05, 0) is 19.1 Å². The summed E-state index contributed by atoms with van der Waals surface area (Å²) in [5.41, 5.74) is -0.542. The minimum Gasteiger partial charge on any atom is -0.455 e. The van der Waals surface area contributed by atoms with E-state index in [2.05, 4.69) is 0 Å². The second kappa shape index (κ2) is 4.45. The fourth-order valence-electron chi connectivity index (χ4n) is 2.66. The summed E-state index contributed by atoms with van der Waals surface area (Å²) in [5.74, 6) is -2.00. The summed E-state index contributed by atoms with van der Waals surface area (Å²) < 4.78 is 5.17. The summed E-state index contributed by atoms with van der Waals surface area (Å²) >= 11 is 12.1. The normalized spacial score (nSPS) is 31.6. The Balaban J connectivity index is 2.05. The fraction of sp³-hybridized carbons (Fsp3) is 0.357. The van der Waals surface area contributed by atoms with Crippen molar-refractivity contribution in [2.75, 3.05) is 5.88 Å². The van der Waals surface area contributed by atoms with Crippen LogP contribution in [0.25, 0.3) is 0 Å². The van der Waals surface area contributed by atoms with Crippen LogP contribution < -0.4 is 0 Å². The zero-order valence-electron chi connectivity index (χ0n) is 11.1. The minimum atomic E-state index is -1.85. The maximum absolute atomic E-state index is 12.4. The highest BCUT2D eigenvalue weighted by molar-refractivity contribution is 6.39. The molecule has 7 heteroatoms.